The van der Waals surface area contributed by atoms with E-state index in [0.29, 0.717) is 0 Å². The number of rotatable bonds is 1. The molecule has 1 N–H and O–H groups in total. The van der Waals surface area contributed by atoms with Crippen LogP contribution in [0.3, 0.4) is 0 Å². The summed E-state index contributed by atoms with van der Waals surface area (Å²) in [7, 11) is 0. The zero-order valence-electron chi connectivity index (χ0n) is 20.4. The number of aromatic amines is 1. The van der Waals surface area contributed by atoms with Gasteiger partial charge in [0.2, 0.25) is 0 Å². The Balaban J connectivity index is 1.40. The fourth-order valence-electron chi connectivity index (χ4n) is 6.54. The molecule has 1 aliphatic rings. The number of para-hydroxylation sites is 1. The van der Waals surface area contributed by atoms with Crippen LogP contribution < -0.4 is 0 Å². The summed E-state index contributed by atoms with van der Waals surface area (Å²) in [4.78, 5) is 3.77. The van der Waals surface area contributed by atoms with Crippen LogP contribution in [0.1, 0.15) is 25.0 Å². The topological polar surface area (TPSA) is 15.8 Å². The quantitative estimate of drug-likeness (QED) is 0.251. The predicted octanol–water partition coefficient (Wildman–Crippen LogP) is 9.60. The highest BCUT2D eigenvalue weighted by Crippen LogP contribution is 2.52. The van der Waals surface area contributed by atoms with Crippen molar-refractivity contribution >= 4 is 43.4 Å². The SMILES string of the molecule is CC1(C)c2ccc(-c3cccc4c3[nH]c3cc5ccccc5cc34)cc2-c2c1ccc1ccccc21. The van der Waals surface area contributed by atoms with Gasteiger partial charge in [-0.15, -0.1) is 0 Å². The van der Waals surface area contributed by atoms with Crippen LogP contribution in [0.5, 0.6) is 0 Å². The second kappa shape index (κ2) is 6.86. The molecule has 0 atom stereocenters. The average Bonchev–Trinajstić information content (AvgIpc) is 3.38. The van der Waals surface area contributed by atoms with Crippen LogP contribution in [0.4, 0.5) is 0 Å². The summed E-state index contributed by atoms with van der Waals surface area (Å²) >= 11 is 0. The van der Waals surface area contributed by atoms with Gasteiger partial charge in [-0.3, -0.25) is 0 Å². The van der Waals surface area contributed by atoms with Gasteiger partial charge in [-0.1, -0.05) is 105 Å². The zero-order chi connectivity index (χ0) is 24.0. The smallest absolute Gasteiger partial charge is 0.0544 e. The largest absolute Gasteiger partial charge is 0.354 e. The van der Waals surface area contributed by atoms with E-state index in [9.17, 15) is 0 Å². The molecule has 1 heteroatoms. The monoisotopic (exact) mass is 459 g/mol. The lowest BCUT2D eigenvalue weighted by molar-refractivity contribution is 0.661. The number of hydrogen-bond acceptors (Lipinski definition) is 0. The van der Waals surface area contributed by atoms with E-state index >= 15 is 0 Å². The van der Waals surface area contributed by atoms with Gasteiger partial charge >= 0.3 is 0 Å². The molecule has 0 radical (unpaired) electrons. The molecular formula is C35H25N. The van der Waals surface area contributed by atoms with Crippen LogP contribution in [0, 0.1) is 0 Å². The fourth-order valence-corrected chi connectivity index (χ4v) is 6.54. The molecule has 6 aromatic carbocycles. The first-order valence-corrected chi connectivity index (χ1v) is 12.7. The minimum Gasteiger partial charge on any atom is -0.354 e. The van der Waals surface area contributed by atoms with Crippen molar-refractivity contribution in [2.45, 2.75) is 19.3 Å². The van der Waals surface area contributed by atoms with E-state index in [1.165, 1.54) is 76.7 Å². The number of aromatic nitrogens is 1. The molecule has 1 aliphatic carbocycles. The summed E-state index contributed by atoms with van der Waals surface area (Å²) in [6.07, 6.45) is 0. The van der Waals surface area contributed by atoms with E-state index in [-0.39, 0.29) is 5.41 Å². The van der Waals surface area contributed by atoms with Gasteiger partial charge in [-0.25, -0.2) is 0 Å². The number of fused-ring (bicyclic) bond motifs is 9. The van der Waals surface area contributed by atoms with Crippen molar-refractivity contribution in [1.29, 1.82) is 0 Å². The van der Waals surface area contributed by atoms with Crippen molar-refractivity contribution in [3.05, 3.63) is 120 Å². The fraction of sp³-hybridized carbons (Fsp3) is 0.0857. The Bertz CT molecular complexity index is 2020. The van der Waals surface area contributed by atoms with Crippen molar-refractivity contribution in [3.8, 4) is 22.3 Å². The maximum Gasteiger partial charge on any atom is 0.0544 e. The van der Waals surface area contributed by atoms with Gasteiger partial charge in [0, 0.05) is 27.3 Å². The van der Waals surface area contributed by atoms with Crippen LogP contribution >= 0.6 is 0 Å². The van der Waals surface area contributed by atoms with Gasteiger partial charge in [-0.2, -0.15) is 0 Å². The number of benzene rings is 6. The van der Waals surface area contributed by atoms with Gasteiger partial charge in [0.15, 0.2) is 0 Å². The molecule has 1 nitrogen and oxygen atoms in total. The van der Waals surface area contributed by atoms with Crippen molar-refractivity contribution in [2.75, 3.05) is 0 Å². The summed E-state index contributed by atoms with van der Waals surface area (Å²) < 4.78 is 0. The normalized spacial score (nSPS) is 14.1. The molecule has 0 bridgehead atoms. The van der Waals surface area contributed by atoms with Gasteiger partial charge in [0.05, 0.1) is 5.52 Å². The molecule has 1 heterocycles. The zero-order valence-corrected chi connectivity index (χ0v) is 20.4. The number of H-pyrrole nitrogens is 1. The van der Waals surface area contributed by atoms with E-state index in [4.69, 9.17) is 0 Å². The second-order valence-corrected chi connectivity index (χ2v) is 10.7. The molecule has 1 aromatic heterocycles. The minimum atomic E-state index is -0.0134. The summed E-state index contributed by atoms with van der Waals surface area (Å²) in [5.74, 6) is 0. The third-order valence-electron chi connectivity index (χ3n) is 8.38. The van der Waals surface area contributed by atoms with Gasteiger partial charge < -0.3 is 4.98 Å². The van der Waals surface area contributed by atoms with Crippen LogP contribution in [0.2, 0.25) is 0 Å². The molecule has 170 valence electrons. The van der Waals surface area contributed by atoms with Crippen molar-refractivity contribution < 1.29 is 0 Å². The Morgan fingerprint density at radius 2 is 1.25 bits per heavy atom. The molecule has 0 fully saturated rings. The van der Waals surface area contributed by atoms with Crippen molar-refractivity contribution in [2.24, 2.45) is 0 Å². The molecule has 36 heavy (non-hydrogen) atoms. The first-order chi connectivity index (χ1) is 17.6. The van der Waals surface area contributed by atoms with E-state index in [2.05, 4.69) is 128 Å². The van der Waals surface area contributed by atoms with Crippen LogP contribution in [-0.4, -0.2) is 4.98 Å². The maximum atomic E-state index is 3.77. The van der Waals surface area contributed by atoms with Gasteiger partial charge in [-0.05, 0) is 67.6 Å². The lowest BCUT2D eigenvalue weighted by atomic mass is 9.82. The van der Waals surface area contributed by atoms with Crippen molar-refractivity contribution in [3.63, 3.8) is 0 Å². The molecule has 0 spiro atoms. The Kier molecular flexibility index (Phi) is 3.79. The van der Waals surface area contributed by atoms with E-state index in [0.717, 1.165) is 0 Å². The standard InChI is InChI=1S/C35H25N/c1-35(2)30-16-15-24(19-29(30)33-25-11-6-5-8-21(25)14-17-31(33)35)26-12-7-13-27-28-18-22-9-3-4-10-23(22)20-32(28)36-34(26)27/h3-20,36H,1-2H3. The second-order valence-electron chi connectivity index (χ2n) is 10.7. The van der Waals surface area contributed by atoms with Crippen LogP contribution in [0.15, 0.2) is 109 Å². The first kappa shape index (κ1) is 19.9. The van der Waals surface area contributed by atoms with E-state index in [1.54, 1.807) is 0 Å². The lowest BCUT2D eigenvalue weighted by Crippen LogP contribution is -2.14. The van der Waals surface area contributed by atoms with Crippen LogP contribution in [0.25, 0.3) is 65.6 Å². The van der Waals surface area contributed by atoms with Crippen LogP contribution in [-0.2, 0) is 5.41 Å². The third-order valence-corrected chi connectivity index (χ3v) is 8.38. The summed E-state index contributed by atoms with van der Waals surface area (Å²) in [6.45, 7) is 4.71. The predicted molar refractivity (Wildman–Crippen MR) is 154 cm³/mol. The molecule has 0 unspecified atom stereocenters. The summed E-state index contributed by atoms with van der Waals surface area (Å²) in [5, 5.41) is 7.74. The Labute approximate surface area is 210 Å². The number of nitrogens with one attached hydrogen (secondary N) is 1. The third kappa shape index (κ3) is 2.55. The lowest BCUT2D eigenvalue weighted by Gasteiger charge is -2.21. The summed E-state index contributed by atoms with van der Waals surface area (Å²) in [6, 6.07) is 40.4. The highest BCUT2D eigenvalue weighted by atomic mass is 14.7. The number of hydrogen-bond donors (Lipinski definition) is 1. The Morgan fingerprint density at radius 1 is 0.528 bits per heavy atom. The highest BCUT2D eigenvalue weighted by Gasteiger charge is 2.36. The molecule has 8 rings (SSSR count). The summed E-state index contributed by atoms with van der Waals surface area (Å²) in [5.41, 5.74) is 10.5. The average molecular weight is 460 g/mol. The maximum absolute atomic E-state index is 3.77. The molecule has 0 amide bonds. The highest BCUT2D eigenvalue weighted by molar-refractivity contribution is 6.15. The molecule has 0 saturated carbocycles. The van der Waals surface area contributed by atoms with Crippen molar-refractivity contribution in [1.82, 2.24) is 4.98 Å². The Morgan fingerprint density at radius 3 is 2.11 bits per heavy atom. The van der Waals surface area contributed by atoms with E-state index in [1.807, 2.05) is 0 Å². The molecule has 0 aliphatic heterocycles. The Hall–Kier alpha value is -4.36. The molecule has 0 saturated heterocycles. The molecule has 7 aromatic rings. The van der Waals surface area contributed by atoms with Gasteiger partial charge in [0.25, 0.3) is 0 Å². The first-order valence-electron chi connectivity index (χ1n) is 12.7. The molecular weight excluding hydrogens is 434 g/mol. The minimum absolute atomic E-state index is 0.0134. The van der Waals surface area contributed by atoms with E-state index < -0.39 is 0 Å². The van der Waals surface area contributed by atoms with Gasteiger partial charge in [0.1, 0.15) is 0 Å².